The van der Waals surface area contributed by atoms with Crippen molar-refractivity contribution in [1.29, 1.82) is 0 Å². The van der Waals surface area contributed by atoms with Crippen molar-refractivity contribution >= 4 is 58.2 Å². The van der Waals surface area contributed by atoms with E-state index in [4.69, 9.17) is 34.8 Å². The summed E-state index contributed by atoms with van der Waals surface area (Å²) in [5.74, 6) is 0.629. The second kappa shape index (κ2) is 7.95. The molecule has 2 aromatic carbocycles. The van der Waals surface area contributed by atoms with Crippen molar-refractivity contribution in [3.8, 4) is 0 Å². The molecule has 0 saturated carbocycles. The summed E-state index contributed by atoms with van der Waals surface area (Å²) in [6, 6.07) is 12.5. The van der Waals surface area contributed by atoms with Gasteiger partial charge in [-0.2, -0.15) is 0 Å². The summed E-state index contributed by atoms with van der Waals surface area (Å²) < 4.78 is 0. The van der Waals surface area contributed by atoms with Crippen LogP contribution in [0.5, 0.6) is 0 Å². The summed E-state index contributed by atoms with van der Waals surface area (Å²) in [5.41, 5.74) is 0.644. The van der Waals surface area contributed by atoms with E-state index < -0.39 is 0 Å². The quantitative estimate of drug-likeness (QED) is 0.686. The van der Waals surface area contributed by atoms with Crippen molar-refractivity contribution in [3.05, 3.63) is 57.5 Å². The number of carbonyl (C=O) groups is 1. The van der Waals surface area contributed by atoms with E-state index >= 15 is 0 Å². The van der Waals surface area contributed by atoms with Crippen molar-refractivity contribution < 1.29 is 4.79 Å². The van der Waals surface area contributed by atoms with Gasteiger partial charge in [-0.15, -0.1) is 11.8 Å². The molecular weight excluding hydrogens is 349 g/mol. The highest BCUT2D eigenvalue weighted by Gasteiger charge is 2.05. The third-order valence-corrected chi connectivity index (χ3v) is 4.62. The second-order valence-corrected chi connectivity index (χ2v) is 6.65. The third-order valence-electron chi connectivity index (χ3n) is 2.61. The molecule has 0 spiro atoms. The number of benzene rings is 2. The molecule has 0 heterocycles. The highest BCUT2D eigenvalue weighted by atomic mass is 35.5. The highest BCUT2D eigenvalue weighted by molar-refractivity contribution is 7.99. The summed E-state index contributed by atoms with van der Waals surface area (Å²) in [4.78, 5) is 12.9. The summed E-state index contributed by atoms with van der Waals surface area (Å²) in [7, 11) is 0. The Kier molecular flexibility index (Phi) is 6.24. The van der Waals surface area contributed by atoms with Crippen LogP contribution in [0, 0.1) is 0 Å². The molecule has 2 aromatic rings. The minimum absolute atomic E-state index is 0.0603. The zero-order valence-corrected chi connectivity index (χ0v) is 14.0. The number of rotatable bonds is 5. The Labute approximate surface area is 142 Å². The van der Waals surface area contributed by atoms with Crippen molar-refractivity contribution in [2.24, 2.45) is 0 Å². The Morgan fingerprint density at radius 3 is 2.38 bits per heavy atom. The van der Waals surface area contributed by atoms with Gasteiger partial charge in [0.2, 0.25) is 5.91 Å². The molecule has 6 heteroatoms. The molecule has 0 aromatic heterocycles. The number of anilines is 1. The fraction of sp³-hybridized carbons (Fsp3) is 0.133. The SMILES string of the molecule is O=C(CCSc1ccc(Cl)cc1)Nc1ccc(Cl)c(Cl)c1. The summed E-state index contributed by atoms with van der Waals surface area (Å²) in [6.45, 7) is 0. The molecule has 21 heavy (non-hydrogen) atoms. The molecule has 110 valence electrons. The standard InChI is InChI=1S/C15H12Cl3NOS/c16-10-1-4-12(5-2-10)21-8-7-15(20)19-11-3-6-13(17)14(18)9-11/h1-6,9H,7-8H2,(H,19,20). The fourth-order valence-electron chi connectivity index (χ4n) is 1.59. The van der Waals surface area contributed by atoms with E-state index in [0.717, 1.165) is 4.90 Å². The topological polar surface area (TPSA) is 29.1 Å². The number of hydrogen-bond acceptors (Lipinski definition) is 2. The van der Waals surface area contributed by atoms with Gasteiger partial charge in [-0.3, -0.25) is 4.79 Å². The summed E-state index contributed by atoms with van der Waals surface area (Å²) in [5, 5.41) is 4.38. The van der Waals surface area contributed by atoms with Gasteiger partial charge in [-0.05, 0) is 42.5 Å². The van der Waals surface area contributed by atoms with Crippen LogP contribution in [-0.4, -0.2) is 11.7 Å². The number of amides is 1. The molecule has 0 atom stereocenters. The molecule has 1 amide bonds. The van der Waals surface area contributed by atoms with Crippen LogP contribution >= 0.6 is 46.6 Å². The summed E-state index contributed by atoms with van der Waals surface area (Å²) >= 11 is 19.1. The first-order valence-corrected chi connectivity index (χ1v) is 8.30. The molecule has 0 fully saturated rings. The Bertz CT molecular complexity index is 631. The van der Waals surface area contributed by atoms with Gasteiger partial charge in [0.05, 0.1) is 10.0 Å². The molecule has 0 saturated heterocycles. The lowest BCUT2D eigenvalue weighted by molar-refractivity contribution is -0.115. The average molecular weight is 361 g/mol. The first kappa shape index (κ1) is 16.5. The number of thioether (sulfide) groups is 1. The second-order valence-electron chi connectivity index (χ2n) is 4.23. The minimum atomic E-state index is -0.0603. The molecule has 0 aliphatic heterocycles. The van der Waals surface area contributed by atoms with Crippen LogP contribution in [0.3, 0.4) is 0 Å². The molecule has 2 nitrogen and oxygen atoms in total. The average Bonchev–Trinajstić information content (AvgIpc) is 2.45. The van der Waals surface area contributed by atoms with Gasteiger partial charge in [0, 0.05) is 27.8 Å². The van der Waals surface area contributed by atoms with E-state index in [-0.39, 0.29) is 5.91 Å². The Hall–Kier alpha value is -0.870. The number of carbonyl (C=O) groups excluding carboxylic acids is 1. The van der Waals surface area contributed by atoms with Crippen LogP contribution in [0.15, 0.2) is 47.4 Å². The smallest absolute Gasteiger partial charge is 0.225 e. The van der Waals surface area contributed by atoms with E-state index in [0.29, 0.717) is 32.9 Å². The van der Waals surface area contributed by atoms with Gasteiger partial charge in [-0.25, -0.2) is 0 Å². The maximum Gasteiger partial charge on any atom is 0.225 e. The molecular formula is C15H12Cl3NOS. The predicted octanol–water partition coefficient (Wildman–Crippen LogP) is 5.77. The maximum absolute atomic E-state index is 11.8. The Morgan fingerprint density at radius 2 is 1.71 bits per heavy atom. The zero-order valence-electron chi connectivity index (χ0n) is 10.9. The molecule has 0 radical (unpaired) electrons. The van der Waals surface area contributed by atoms with Gasteiger partial charge in [0.15, 0.2) is 0 Å². The Balaban J connectivity index is 1.79. The van der Waals surface area contributed by atoms with Crippen molar-refractivity contribution in [1.82, 2.24) is 0 Å². The van der Waals surface area contributed by atoms with Crippen LogP contribution in [0.25, 0.3) is 0 Å². The van der Waals surface area contributed by atoms with E-state index in [2.05, 4.69) is 5.32 Å². The van der Waals surface area contributed by atoms with Crippen LogP contribution in [-0.2, 0) is 4.79 Å². The van der Waals surface area contributed by atoms with E-state index in [1.54, 1.807) is 30.0 Å². The van der Waals surface area contributed by atoms with Crippen LogP contribution < -0.4 is 5.32 Å². The summed E-state index contributed by atoms with van der Waals surface area (Å²) in [6.07, 6.45) is 0.410. The molecule has 0 bridgehead atoms. The lowest BCUT2D eigenvalue weighted by Gasteiger charge is -2.06. The van der Waals surface area contributed by atoms with Crippen molar-refractivity contribution in [2.45, 2.75) is 11.3 Å². The van der Waals surface area contributed by atoms with Gasteiger partial charge in [0.1, 0.15) is 0 Å². The molecule has 0 aliphatic carbocycles. The van der Waals surface area contributed by atoms with Crippen molar-refractivity contribution in [3.63, 3.8) is 0 Å². The normalized spacial score (nSPS) is 10.4. The zero-order chi connectivity index (χ0) is 15.2. The van der Waals surface area contributed by atoms with E-state index in [1.807, 2.05) is 24.3 Å². The largest absolute Gasteiger partial charge is 0.326 e. The van der Waals surface area contributed by atoms with Gasteiger partial charge in [-0.1, -0.05) is 34.8 Å². The monoisotopic (exact) mass is 359 g/mol. The van der Waals surface area contributed by atoms with E-state index in [1.165, 1.54) is 0 Å². The maximum atomic E-state index is 11.8. The third kappa shape index (κ3) is 5.44. The molecule has 2 rings (SSSR count). The number of halogens is 3. The van der Waals surface area contributed by atoms with Crippen molar-refractivity contribution in [2.75, 3.05) is 11.1 Å². The first-order chi connectivity index (χ1) is 10.0. The van der Waals surface area contributed by atoms with Gasteiger partial charge >= 0.3 is 0 Å². The minimum Gasteiger partial charge on any atom is -0.326 e. The van der Waals surface area contributed by atoms with Crippen LogP contribution in [0.4, 0.5) is 5.69 Å². The first-order valence-electron chi connectivity index (χ1n) is 6.18. The number of nitrogens with one attached hydrogen (secondary N) is 1. The molecule has 0 aliphatic rings. The predicted molar refractivity (Wildman–Crippen MR) is 91.9 cm³/mol. The number of hydrogen-bond donors (Lipinski definition) is 1. The highest BCUT2D eigenvalue weighted by Crippen LogP contribution is 2.25. The lowest BCUT2D eigenvalue weighted by Crippen LogP contribution is -2.12. The van der Waals surface area contributed by atoms with E-state index in [9.17, 15) is 4.79 Å². The molecule has 0 unspecified atom stereocenters. The fourth-order valence-corrected chi connectivity index (χ4v) is 2.87. The van der Waals surface area contributed by atoms with Gasteiger partial charge < -0.3 is 5.32 Å². The van der Waals surface area contributed by atoms with Crippen LogP contribution in [0.2, 0.25) is 15.1 Å². The Morgan fingerprint density at radius 1 is 1.00 bits per heavy atom. The van der Waals surface area contributed by atoms with Crippen LogP contribution in [0.1, 0.15) is 6.42 Å². The molecule has 1 N–H and O–H groups in total. The van der Waals surface area contributed by atoms with Gasteiger partial charge in [0.25, 0.3) is 0 Å². The lowest BCUT2D eigenvalue weighted by atomic mass is 10.3.